The van der Waals surface area contributed by atoms with Crippen LogP contribution in [0.3, 0.4) is 0 Å². The number of carbonyl (C=O) groups excluding carboxylic acids is 2. The molecule has 3 aliphatic rings. The van der Waals surface area contributed by atoms with Crippen LogP contribution in [0.4, 0.5) is 0 Å². The monoisotopic (exact) mass is 398 g/mol. The molecule has 0 radical (unpaired) electrons. The largest absolute Gasteiger partial charge is 0.482 e. The zero-order valence-corrected chi connectivity index (χ0v) is 17.1. The standard InChI is InChI=1S/C23H30N2O4/c1-16-6-4-7-17(12-16)13-21-23(27)25(19-9-2-3-10-20(19)29-21)15-22(26)24-14-18-8-5-11-28-18/h4,6-7,12-13,18-20H,2-3,5,8-11,14-15H2,1H3,(H,24,26)/b21-13+. The van der Waals surface area contributed by atoms with E-state index in [-0.39, 0.29) is 36.6 Å². The van der Waals surface area contributed by atoms with Crippen LogP contribution in [0.1, 0.15) is 49.7 Å². The smallest absolute Gasteiger partial charge is 0.289 e. The van der Waals surface area contributed by atoms with Crippen LogP contribution in [0.5, 0.6) is 0 Å². The molecule has 6 nitrogen and oxygen atoms in total. The normalized spacial score (nSPS) is 28.2. The highest BCUT2D eigenvalue weighted by Crippen LogP contribution is 2.33. The van der Waals surface area contributed by atoms with Crippen LogP contribution < -0.4 is 5.32 Å². The van der Waals surface area contributed by atoms with Gasteiger partial charge < -0.3 is 19.7 Å². The van der Waals surface area contributed by atoms with Crippen molar-refractivity contribution in [3.05, 3.63) is 41.2 Å². The number of fused-ring (bicyclic) bond motifs is 1. The van der Waals surface area contributed by atoms with Crippen LogP contribution in [-0.2, 0) is 19.1 Å². The minimum absolute atomic E-state index is 0.0283. The number of nitrogens with one attached hydrogen (secondary N) is 1. The zero-order valence-electron chi connectivity index (χ0n) is 17.1. The van der Waals surface area contributed by atoms with E-state index in [1.807, 2.05) is 31.2 Å². The number of ether oxygens (including phenoxy) is 2. The Balaban J connectivity index is 1.48. The Bertz CT molecular complexity index is 785. The Labute approximate surface area is 172 Å². The highest BCUT2D eigenvalue weighted by molar-refractivity contribution is 5.98. The van der Waals surface area contributed by atoms with Gasteiger partial charge >= 0.3 is 0 Å². The number of aryl methyl sites for hydroxylation is 1. The molecule has 1 aliphatic carbocycles. The maximum atomic E-state index is 13.2. The van der Waals surface area contributed by atoms with Crippen molar-refractivity contribution < 1.29 is 19.1 Å². The van der Waals surface area contributed by atoms with Crippen molar-refractivity contribution in [3.63, 3.8) is 0 Å². The Morgan fingerprint density at radius 3 is 2.90 bits per heavy atom. The van der Waals surface area contributed by atoms with Gasteiger partial charge in [-0.3, -0.25) is 9.59 Å². The van der Waals surface area contributed by atoms with E-state index in [2.05, 4.69) is 5.32 Å². The van der Waals surface area contributed by atoms with Gasteiger partial charge in [0.25, 0.3) is 5.91 Å². The van der Waals surface area contributed by atoms with Crippen LogP contribution in [-0.4, -0.2) is 54.7 Å². The van der Waals surface area contributed by atoms with Gasteiger partial charge in [-0.25, -0.2) is 0 Å². The van der Waals surface area contributed by atoms with E-state index in [0.29, 0.717) is 12.3 Å². The molecule has 1 saturated carbocycles. The minimum Gasteiger partial charge on any atom is -0.482 e. The average molecular weight is 399 g/mol. The van der Waals surface area contributed by atoms with Crippen molar-refractivity contribution >= 4 is 17.9 Å². The molecule has 2 aliphatic heterocycles. The summed E-state index contributed by atoms with van der Waals surface area (Å²) in [6.07, 6.45) is 7.82. The van der Waals surface area contributed by atoms with Crippen molar-refractivity contribution in [2.24, 2.45) is 0 Å². The van der Waals surface area contributed by atoms with Gasteiger partial charge in [-0.1, -0.05) is 36.2 Å². The van der Waals surface area contributed by atoms with Crippen molar-refractivity contribution in [1.82, 2.24) is 10.2 Å². The molecule has 156 valence electrons. The molecule has 1 N–H and O–H groups in total. The SMILES string of the molecule is Cc1cccc(/C=C2/OC3CCCCC3N(CC(=O)NCC3CCCO3)C2=O)c1. The van der Waals surface area contributed by atoms with Gasteiger partial charge in [0, 0.05) is 13.2 Å². The number of morpholine rings is 1. The first kappa shape index (κ1) is 20.0. The number of hydrogen-bond donors (Lipinski definition) is 1. The predicted octanol–water partition coefficient (Wildman–Crippen LogP) is 2.80. The summed E-state index contributed by atoms with van der Waals surface area (Å²) in [6, 6.07) is 7.94. The lowest BCUT2D eigenvalue weighted by Gasteiger charge is -2.44. The second kappa shape index (κ2) is 8.99. The summed E-state index contributed by atoms with van der Waals surface area (Å²) in [5, 5.41) is 2.94. The average Bonchev–Trinajstić information content (AvgIpc) is 3.23. The first-order valence-electron chi connectivity index (χ1n) is 10.7. The van der Waals surface area contributed by atoms with Gasteiger partial charge in [0.15, 0.2) is 5.76 Å². The van der Waals surface area contributed by atoms with Crippen molar-refractivity contribution in [1.29, 1.82) is 0 Å². The molecule has 6 heteroatoms. The molecule has 0 bridgehead atoms. The minimum atomic E-state index is -0.193. The van der Waals surface area contributed by atoms with Crippen molar-refractivity contribution in [3.8, 4) is 0 Å². The highest BCUT2D eigenvalue weighted by Gasteiger charge is 2.42. The number of rotatable bonds is 5. The molecular formula is C23H30N2O4. The van der Waals surface area contributed by atoms with Gasteiger partial charge in [0.2, 0.25) is 5.91 Å². The fraction of sp³-hybridized carbons (Fsp3) is 0.565. The number of hydrogen-bond acceptors (Lipinski definition) is 4. The summed E-state index contributed by atoms with van der Waals surface area (Å²) < 4.78 is 11.7. The topological polar surface area (TPSA) is 67.9 Å². The van der Waals surface area contributed by atoms with Crippen molar-refractivity contribution in [2.45, 2.75) is 63.7 Å². The summed E-state index contributed by atoms with van der Waals surface area (Å²) in [4.78, 5) is 27.5. The van der Waals surface area contributed by atoms with E-state index in [0.717, 1.165) is 56.3 Å². The van der Waals surface area contributed by atoms with Gasteiger partial charge in [-0.05, 0) is 50.7 Å². The van der Waals surface area contributed by atoms with E-state index < -0.39 is 0 Å². The second-order valence-corrected chi connectivity index (χ2v) is 8.30. The number of carbonyl (C=O) groups is 2. The number of benzene rings is 1. The van der Waals surface area contributed by atoms with E-state index in [4.69, 9.17) is 9.47 Å². The van der Waals surface area contributed by atoms with Crippen LogP contribution in [0.25, 0.3) is 6.08 Å². The molecule has 1 aromatic carbocycles. The summed E-state index contributed by atoms with van der Waals surface area (Å²) in [6.45, 7) is 3.37. The lowest BCUT2D eigenvalue weighted by Crippen LogP contribution is -2.57. The van der Waals surface area contributed by atoms with Crippen LogP contribution in [0.15, 0.2) is 30.0 Å². The van der Waals surface area contributed by atoms with Gasteiger partial charge in [-0.15, -0.1) is 0 Å². The Kier molecular flexibility index (Phi) is 6.19. The molecule has 3 unspecified atom stereocenters. The predicted molar refractivity (Wildman–Crippen MR) is 110 cm³/mol. The molecule has 2 saturated heterocycles. The fourth-order valence-corrected chi connectivity index (χ4v) is 4.52. The van der Waals surface area contributed by atoms with Crippen LogP contribution in [0, 0.1) is 6.92 Å². The maximum Gasteiger partial charge on any atom is 0.289 e. The lowest BCUT2D eigenvalue weighted by atomic mass is 9.89. The second-order valence-electron chi connectivity index (χ2n) is 8.30. The van der Waals surface area contributed by atoms with Crippen LogP contribution >= 0.6 is 0 Å². The summed E-state index contributed by atoms with van der Waals surface area (Å²) in [5.74, 6) is 0.0163. The third-order valence-electron chi connectivity index (χ3n) is 6.02. The summed E-state index contributed by atoms with van der Waals surface area (Å²) >= 11 is 0. The third kappa shape index (κ3) is 4.81. The third-order valence-corrected chi connectivity index (χ3v) is 6.02. The summed E-state index contributed by atoms with van der Waals surface area (Å²) in [7, 11) is 0. The quantitative estimate of drug-likeness (QED) is 0.775. The molecule has 2 amide bonds. The molecule has 0 aromatic heterocycles. The maximum absolute atomic E-state index is 13.2. The molecule has 3 atom stereocenters. The van der Waals surface area contributed by atoms with Crippen molar-refractivity contribution in [2.75, 3.05) is 19.7 Å². The molecule has 29 heavy (non-hydrogen) atoms. The molecule has 2 heterocycles. The van der Waals surface area contributed by atoms with E-state index in [1.54, 1.807) is 11.0 Å². The Hall–Kier alpha value is -2.34. The number of amides is 2. The molecule has 3 fully saturated rings. The molecule has 1 aromatic rings. The fourth-order valence-electron chi connectivity index (χ4n) is 4.52. The van der Waals surface area contributed by atoms with Gasteiger partial charge in [-0.2, -0.15) is 0 Å². The van der Waals surface area contributed by atoms with Gasteiger partial charge in [0.1, 0.15) is 12.6 Å². The summed E-state index contributed by atoms with van der Waals surface area (Å²) in [5.41, 5.74) is 2.06. The highest BCUT2D eigenvalue weighted by atomic mass is 16.5. The first-order chi connectivity index (χ1) is 14.1. The number of nitrogens with zero attached hydrogens (tertiary/aromatic N) is 1. The Morgan fingerprint density at radius 1 is 1.24 bits per heavy atom. The van der Waals surface area contributed by atoms with Crippen LogP contribution in [0.2, 0.25) is 0 Å². The van der Waals surface area contributed by atoms with E-state index in [9.17, 15) is 9.59 Å². The van der Waals surface area contributed by atoms with Gasteiger partial charge in [0.05, 0.1) is 12.1 Å². The molecule has 4 rings (SSSR count). The molecular weight excluding hydrogens is 368 g/mol. The lowest BCUT2D eigenvalue weighted by molar-refractivity contribution is -0.151. The van der Waals surface area contributed by atoms with E-state index in [1.165, 1.54) is 0 Å². The zero-order chi connectivity index (χ0) is 20.2. The molecule has 0 spiro atoms. The Morgan fingerprint density at radius 2 is 2.10 bits per heavy atom. The van der Waals surface area contributed by atoms with E-state index >= 15 is 0 Å². The first-order valence-corrected chi connectivity index (χ1v) is 10.7.